The van der Waals surface area contributed by atoms with Crippen LogP contribution in [0, 0.1) is 5.92 Å². The van der Waals surface area contributed by atoms with Crippen molar-refractivity contribution in [3.05, 3.63) is 0 Å². The van der Waals surface area contributed by atoms with E-state index in [1.165, 1.54) is 25.7 Å². The Morgan fingerprint density at radius 3 is 2.40 bits per heavy atom. The van der Waals surface area contributed by atoms with Gasteiger partial charge in [0.2, 0.25) is 5.91 Å². The molecule has 0 bridgehead atoms. The number of hydrogen-bond acceptors (Lipinski definition) is 2. The van der Waals surface area contributed by atoms with Crippen molar-refractivity contribution in [3.63, 3.8) is 0 Å². The van der Waals surface area contributed by atoms with E-state index in [2.05, 4.69) is 4.90 Å². The molecule has 0 aromatic carbocycles. The van der Waals surface area contributed by atoms with Crippen molar-refractivity contribution in [1.82, 2.24) is 4.90 Å². The third-order valence-corrected chi connectivity index (χ3v) is 3.61. The van der Waals surface area contributed by atoms with E-state index in [1.54, 1.807) is 0 Å². The number of hydrogen-bond donors (Lipinski definition) is 0. The summed E-state index contributed by atoms with van der Waals surface area (Å²) in [5.41, 5.74) is 0. The molecule has 2 atom stereocenters. The number of nitrogens with zero attached hydrogens (tertiary/aromatic N) is 1. The van der Waals surface area contributed by atoms with Crippen LogP contribution in [0.15, 0.2) is 0 Å². The smallest absolute Gasteiger partial charge is 0.228 e. The van der Waals surface area contributed by atoms with Crippen molar-refractivity contribution in [2.24, 2.45) is 5.92 Å². The Morgan fingerprint density at radius 1 is 1.20 bits per heavy atom. The van der Waals surface area contributed by atoms with Crippen molar-refractivity contribution < 1.29 is 9.53 Å². The van der Waals surface area contributed by atoms with Crippen molar-refractivity contribution in [2.75, 3.05) is 19.7 Å². The van der Waals surface area contributed by atoms with E-state index in [0.29, 0.717) is 5.91 Å². The molecule has 2 aliphatic heterocycles. The summed E-state index contributed by atoms with van der Waals surface area (Å²) in [5, 5.41) is 0. The summed E-state index contributed by atoms with van der Waals surface area (Å²) in [6.45, 7) is 4.70. The minimum Gasteiger partial charge on any atom is -0.378 e. The molecular formula is C12H21NO2. The molecule has 0 aromatic rings. The normalized spacial score (nSPS) is 32.7. The summed E-state index contributed by atoms with van der Waals surface area (Å²) >= 11 is 0. The first-order chi connectivity index (χ1) is 7.29. The van der Waals surface area contributed by atoms with Crippen LogP contribution in [0.4, 0.5) is 0 Å². The van der Waals surface area contributed by atoms with E-state index in [9.17, 15) is 4.79 Å². The van der Waals surface area contributed by atoms with Crippen LogP contribution in [0.5, 0.6) is 0 Å². The summed E-state index contributed by atoms with van der Waals surface area (Å²) in [6.07, 6.45) is 5.94. The Morgan fingerprint density at radius 2 is 1.87 bits per heavy atom. The van der Waals surface area contributed by atoms with Crippen LogP contribution in [0.3, 0.4) is 0 Å². The zero-order valence-electron chi connectivity index (χ0n) is 9.58. The molecule has 2 aliphatic rings. The summed E-state index contributed by atoms with van der Waals surface area (Å²) in [4.78, 5) is 14.3. The number of carbonyl (C=O) groups excluding carboxylic acids is 1. The number of rotatable bonds is 1. The molecule has 1 amide bonds. The maximum Gasteiger partial charge on any atom is 0.228 e. The largest absolute Gasteiger partial charge is 0.378 e. The van der Waals surface area contributed by atoms with Gasteiger partial charge in [0.15, 0.2) is 0 Å². The molecule has 15 heavy (non-hydrogen) atoms. The highest BCUT2D eigenvalue weighted by Crippen LogP contribution is 2.24. The lowest BCUT2D eigenvalue weighted by atomic mass is 10.0. The third kappa shape index (κ3) is 2.51. The second kappa shape index (κ2) is 4.97. The molecular weight excluding hydrogens is 190 g/mol. The fourth-order valence-electron chi connectivity index (χ4n) is 2.58. The first-order valence-electron chi connectivity index (χ1n) is 6.19. The Bertz CT molecular complexity index is 222. The highest BCUT2D eigenvalue weighted by Gasteiger charge is 2.33. The Balaban J connectivity index is 1.93. The third-order valence-electron chi connectivity index (χ3n) is 3.61. The van der Waals surface area contributed by atoms with Gasteiger partial charge in [-0.15, -0.1) is 0 Å². The Labute approximate surface area is 91.8 Å². The summed E-state index contributed by atoms with van der Waals surface area (Å²) < 4.78 is 5.46. The van der Waals surface area contributed by atoms with E-state index in [0.717, 1.165) is 26.1 Å². The van der Waals surface area contributed by atoms with Crippen LogP contribution in [0.25, 0.3) is 0 Å². The van der Waals surface area contributed by atoms with Gasteiger partial charge in [0.05, 0.1) is 12.0 Å². The number of likely N-dealkylation sites (tertiary alicyclic amines) is 1. The van der Waals surface area contributed by atoms with Gasteiger partial charge in [-0.05, 0) is 26.2 Å². The van der Waals surface area contributed by atoms with Crippen molar-refractivity contribution in [3.8, 4) is 0 Å². The second-order valence-electron chi connectivity index (χ2n) is 4.71. The average Bonchev–Trinajstić information content (AvgIpc) is 2.53. The number of amides is 1. The van der Waals surface area contributed by atoms with Gasteiger partial charge >= 0.3 is 0 Å². The summed E-state index contributed by atoms with van der Waals surface area (Å²) in [6, 6.07) is 0. The highest BCUT2D eigenvalue weighted by atomic mass is 16.5. The molecule has 2 saturated heterocycles. The highest BCUT2D eigenvalue weighted by molar-refractivity contribution is 5.79. The number of ether oxygens (including phenoxy) is 1. The van der Waals surface area contributed by atoms with E-state index >= 15 is 0 Å². The van der Waals surface area contributed by atoms with Gasteiger partial charge < -0.3 is 9.64 Å². The molecule has 2 fully saturated rings. The maximum atomic E-state index is 12.2. The van der Waals surface area contributed by atoms with E-state index in [4.69, 9.17) is 4.74 Å². The first-order valence-corrected chi connectivity index (χ1v) is 6.19. The van der Waals surface area contributed by atoms with Gasteiger partial charge in [-0.2, -0.15) is 0 Å². The van der Waals surface area contributed by atoms with Crippen LogP contribution >= 0.6 is 0 Å². The van der Waals surface area contributed by atoms with Crippen LogP contribution < -0.4 is 0 Å². The predicted molar refractivity (Wildman–Crippen MR) is 58.6 cm³/mol. The minimum atomic E-state index is 0.126. The van der Waals surface area contributed by atoms with E-state index in [-0.39, 0.29) is 12.0 Å². The zero-order valence-corrected chi connectivity index (χ0v) is 9.58. The molecule has 0 aromatic heterocycles. The van der Waals surface area contributed by atoms with E-state index < -0.39 is 0 Å². The molecule has 0 saturated carbocycles. The predicted octanol–water partition coefficient (Wildman–Crippen LogP) is 1.81. The monoisotopic (exact) mass is 211 g/mol. The van der Waals surface area contributed by atoms with Gasteiger partial charge in [-0.25, -0.2) is 0 Å². The molecule has 0 N–H and O–H groups in total. The Hall–Kier alpha value is -0.570. The fraction of sp³-hybridized carbons (Fsp3) is 0.917. The summed E-state index contributed by atoms with van der Waals surface area (Å²) in [5.74, 6) is 0.463. The van der Waals surface area contributed by atoms with Gasteiger partial charge in [0.25, 0.3) is 0 Å². The van der Waals surface area contributed by atoms with Gasteiger partial charge in [0.1, 0.15) is 0 Å². The molecule has 86 valence electrons. The van der Waals surface area contributed by atoms with Crippen LogP contribution in [-0.4, -0.2) is 36.6 Å². The average molecular weight is 211 g/mol. The van der Waals surface area contributed by atoms with Crippen LogP contribution in [-0.2, 0) is 9.53 Å². The molecule has 0 spiro atoms. The SMILES string of the molecule is CC1OCCC1C(=O)N1CCCCCC1. The fourth-order valence-corrected chi connectivity index (χ4v) is 2.58. The number of carbonyl (C=O) groups is 1. The lowest BCUT2D eigenvalue weighted by Crippen LogP contribution is -2.39. The molecule has 3 nitrogen and oxygen atoms in total. The molecule has 0 radical (unpaired) electrons. The summed E-state index contributed by atoms with van der Waals surface area (Å²) in [7, 11) is 0. The second-order valence-corrected chi connectivity index (χ2v) is 4.71. The van der Waals surface area contributed by atoms with Crippen molar-refractivity contribution >= 4 is 5.91 Å². The first kappa shape index (κ1) is 10.9. The Kier molecular flexibility index (Phi) is 3.62. The maximum absolute atomic E-state index is 12.2. The standard InChI is InChI=1S/C12H21NO2/c1-10-11(6-9-15-10)12(14)13-7-4-2-3-5-8-13/h10-11H,2-9H2,1H3. The molecule has 2 heterocycles. The van der Waals surface area contributed by atoms with Gasteiger partial charge in [-0.3, -0.25) is 4.79 Å². The topological polar surface area (TPSA) is 29.5 Å². The lowest BCUT2D eigenvalue weighted by Gasteiger charge is -2.25. The van der Waals surface area contributed by atoms with Gasteiger partial charge in [-0.1, -0.05) is 12.8 Å². The van der Waals surface area contributed by atoms with Crippen molar-refractivity contribution in [2.45, 2.75) is 45.1 Å². The zero-order chi connectivity index (χ0) is 10.7. The van der Waals surface area contributed by atoms with Crippen LogP contribution in [0.1, 0.15) is 39.0 Å². The van der Waals surface area contributed by atoms with Crippen molar-refractivity contribution in [1.29, 1.82) is 0 Å². The molecule has 0 aliphatic carbocycles. The molecule has 2 unspecified atom stereocenters. The van der Waals surface area contributed by atoms with Crippen LogP contribution in [0.2, 0.25) is 0 Å². The molecule has 2 rings (SSSR count). The molecule has 3 heteroatoms. The lowest BCUT2D eigenvalue weighted by molar-refractivity contribution is -0.136. The quantitative estimate of drug-likeness (QED) is 0.662. The van der Waals surface area contributed by atoms with E-state index in [1.807, 2.05) is 6.92 Å². The minimum absolute atomic E-state index is 0.126. The van der Waals surface area contributed by atoms with Gasteiger partial charge in [0, 0.05) is 19.7 Å².